The largest absolute Gasteiger partial charge is 0.445 e. The molecule has 3 N–H and O–H groups in total. The van der Waals surface area contributed by atoms with Gasteiger partial charge in [0, 0.05) is 11.8 Å². The predicted molar refractivity (Wildman–Crippen MR) is 90.6 cm³/mol. The third-order valence-corrected chi connectivity index (χ3v) is 4.18. The lowest BCUT2D eigenvalue weighted by atomic mass is 10.2. The molecule has 1 fully saturated rings. The van der Waals surface area contributed by atoms with Gasteiger partial charge in [-0.2, -0.15) is 12.6 Å². The molecule has 2 atom stereocenters. The van der Waals surface area contributed by atoms with E-state index in [0.717, 1.165) is 5.56 Å². The molecule has 1 aromatic rings. The molecule has 1 aliphatic rings. The van der Waals surface area contributed by atoms with Crippen LogP contribution in [0.4, 0.5) is 4.79 Å². The zero-order chi connectivity index (χ0) is 17.5. The number of amides is 2. The number of likely N-dealkylation sites (tertiary alicyclic amines) is 1. The number of thiol groups is 1. The van der Waals surface area contributed by atoms with E-state index in [-0.39, 0.29) is 25.1 Å². The number of carbonyl (C=O) groups excluding carboxylic acids is 2. The molecular formula is C16H22N2O5S. The summed E-state index contributed by atoms with van der Waals surface area (Å²) in [5.74, 6) is -0.434. The third-order valence-electron chi connectivity index (χ3n) is 3.81. The Kier molecular flexibility index (Phi) is 6.89. The minimum absolute atomic E-state index is 0.123. The molecule has 0 unspecified atom stereocenters. The number of carbonyl (C=O) groups is 2. The van der Waals surface area contributed by atoms with Gasteiger partial charge in [-0.3, -0.25) is 9.69 Å². The van der Waals surface area contributed by atoms with Gasteiger partial charge in [0.15, 0.2) is 0 Å². The van der Waals surface area contributed by atoms with Crippen LogP contribution < -0.4 is 5.32 Å². The van der Waals surface area contributed by atoms with Gasteiger partial charge in [0.1, 0.15) is 12.6 Å². The summed E-state index contributed by atoms with van der Waals surface area (Å²) in [5, 5.41) is 20.5. The summed E-state index contributed by atoms with van der Waals surface area (Å²) < 4.78 is 5.27. The van der Waals surface area contributed by atoms with Crippen LogP contribution in [0.1, 0.15) is 12.0 Å². The number of hydrogen-bond donors (Lipinski definition) is 4. The molecule has 2 amide bonds. The summed E-state index contributed by atoms with van der Waals surface area (Å²) in [7, 11) is 0. The molecule has 0 aromatic heterocycles. The standard InChI is InChI=1S/C16H22N2O5S/c19-8-12(9-20)17-15(21)14-6-13(24)7-18(14)16(22)23-10-11-4-2-1-3-5-11/h1-5,12-14,19-20,24H,6-10H2,(H,17,21)/t13-,14+/m1/s1. The van der Waals surface area contributed by atoms with Crippen molar-refractivity contribution in [1.82, 2.24) is 10.2 Å². The molecule has 0 aliphatic carbocycles. The number of nitrogens with one attached hydrogen (secondary N) is 1. The normalized spacial score (nSPS) is 20.2. The molecule has 0 spiro atoms. The maximum atomic E-state index is 12.3. The van der Waals surface area contributed by atoms with Crippen molar-refractivity contribution in [2.75, 3.05) is 19.8 Å². The Bertz CT molecular complexity index is 553. The summed E-state index contributed by atoms with van der Waals surface area (Å²) in [4.78, 5) is 25.9. The molecule has 24 heavy (non-hydrogen) atoms. The van der Waals surface area contributed by atoms with Gasteiger partial charge in [-0.1, -0.05) is 30.3 Å². The Hall–Kier alpha value is -1.77. The van der Waals surface area contributed by atoms with Gasteiger partial charge in [0.05, 0.1) is 19.3 Å². The van der Waals surface area contributed by atoms with Crippen LogP contribution in [0, 0.1) is 0 Å². The van der Waals surface area contributed by atoms with E-state index in [0.29, 0.717) is 13.0 Å². The van der Waals surface area contributed by atoms with E-state index < -0.39 is 24.1 Å². The number of aliphatic hydroxyl groups excluding tert-OH is 2. The molecular weight excluding hydrogens is 332 g/mol. The first kappa shape index (κ1) is 18.6. The second kappa shape index (κ2) is 8.91. The summed E-state index contributed by atoms with van der Waals surface area (Å²) in [6, 6.07) is 7.78. The van der Waals surface area contributed by atoms with E-state index in [1.807, 2.05) is 30.3 Å². The maximum Gasteiger partial charge on any atom is 0.410 e. The number of benzene rings is 1. The lowest BCUT2D eigenvalue weighted by Crippen LogP contribution is -2.50. The first-order valence-corrected chi connectivity index (χ1v) is 8.24. The molecule has 2 rings (SSSR count). The summed E-state index contributed by atoms with van der Waals surface area (Å²) in [5.41, 5.74) is 0.856. The van der Waals surface area contributed by atoms with Gasteiger partial charge >= 0.3 is 6.09 Å². The number of hydrogen-bond acceptors (Lipinski definition) is 6. The van der Waals surface area contributed by atoms with Crippen molar-refractivity contribution >= 4 is 24.6 Å². The fourth-order valence-corrected chi connectivity index (χ4v) is 2.89. The number of ether oxygens (including phenoxy) is 1. The molecule has 1 aromatic carbocycles. The monoisotopic (exact) mass is 354 g/mol. The van der Waals surface area contributed by atoms with Crippen molar-refractivity contribution in [3.63, 3.8) is 0 Å². The highest BCUT2D eigenvalue weighted by atomic mass is 32.1. The van der Waals surface area contributed by atoms with Crippen molar-refractivity contribution in [3.8, 4) is 0 Å². The Morgan fingerprint density at radius 2 is 1.96 bits per heavy atom. The molecule has 0 radical (unpaired) electrons. The molecule has 1 saturated heterocycles. The Morgan fingerprint density at radius 3 is 2.58 bits per heavy atom. The second-order valence-electron chi connectivity index (χ2n) is 5.67. The number of nitrogens with zero attached hydrogens (tertiary/aromatic N) is 1. The summed E-state index contributed by atoms with van der Waals surface area (Å²) >= 11 is 4.35. The first-order valence-electron chi connectivity index (χ1n) is 7.72. The smallest absolute Gasteiger partial charge is 0.410 e. The zero-order valence-corrected chi connectivity index (χ0v) is 14.1. The fraction of sp³-hybridized carbons (Fsp3) is 0.500. The highest BCUT2D eigenvalue weighted by Gasteiger charge is 2.39. The van der Waals surface area contributed by atoms with Crippen molar-refractivity contribution in [2.45, 2.75) is 30.4 Å². The van der Waals surface area contributed by atoms with Crippen LogP contribution in [0.15, 0.2) is 30.3 Å². The minimum atomic E-state index is -0.751. The third kappa shape index (κ3) is 4.86. The van der Waals surface area contributed by atoms with Crippen molar-refractivity contribution in [2.24, 2.45) is 0 Å². The van der Waals surface area contributed by atoms with E-state index >= 15 is 0 Å². The van der Waals surface area contributed by atoms with Crippen LogP contribution in [0.25, 0.3) is 0 Å². The van der Waals surface area contributed by atoms with Gasteiger partial charge in [0.2, 0.25) is 5.91 Å². The Balaban J connectivity index is 1.95. The van der Waals surface area contributed by atoms with Crippen LogP contribution in [0.5, 0.6) is 0 Å². The average Bonchev–Trinajstić information content (AvgIpc) is 3.00. The number of rotatable bonds is 6. The molecule has 1 heterocycles. The van der Waals surface area contributed by atoms with Gasteiger partial charge in [-0.15, -0.1) is 0 Å². The van der Waals surface area contributed by atoms with E-state index in [4.69, 9.17) is 14.9 Å². The van der Waals surface area contributed by atoms with Crippen LogP contribution in [-0.2, 0) is 16.1 Å². The SMILES string of the molecule is O=C(NC(CO)CO)[C@@H]1C[C@@H](S)CN1C(=O)OCc1ccccc1. The van der Waals surface area contributed by atoms with Crippen molar-refractivity contribution < 1.29 is 24.5 Å². The van der Waals surface area contributed by atoms with Gasteiger partial charge in [-0.05, 0) is 12.0 Å². The van der Waals surface area contributed by atoms with E-state index in [2.05, 4.69) is 17.9 Å². The van der Waals surface area contributed by atoms with Crippen molar-refractivity contribution in [1.29, 1.82) is 0 Å². The van der Waals surface area contributed by atoms with Crippen LogP contribution in [0.2, 0.25) is 0 Å². The first-order chi connectivity index (χ1) is 11.5. The Labute approximate surface area is 146 Å². The molecule has 8 heteroatoms. The van der Waals surface area contributed by atoms with Crippen LogP contribution >= 0.6 is 12.6 Å². The zero-order valence-electron chi connectivity index (χ0n) is 13.2. The van der Waals surface area contributed by atoms with Crippen LogP contribution in [0.3, 0.4) is 0 Å². The predicted octanol–water partition coefficient (Wildman–Crippen LogP) is 0.165. The topological polar surface area (TPSA) is 99.1 Å². The second-order valence-corrected chi connectivity index (χ2v) is 6.40. The van der Waals surface area contributed by atoms with Crippen molar-refractivity contribution in [3.05, 3.63) is 35.9 Å². The fourth-order valence-electron chi connectivity index (χ4n) is 2.51. The Morgan fingerprint density at radius 1 is 1.29 bits per heavy atom. The molecule has 0 saturated carbocycles. The van der Waals surface area contributed by atoms with Gasteiger partial charge < -0.3 is 20.3 Å². The lowest BCUT2D eigenvalue weighted by Gasteiger charge is -2.24. The molecule has 1 aliphatic heterocycles. The maximum absolute atomic E-state index is 12.3. The number of aliphatic hydroxyl groups is 2. The molecule has 132 valence electrons. The lowest BCUT2D eigenvalue weighted by molar-refractivity contribution is -0.126. The van der Waals surface area contributed by atoms with E-state index in [1.165, 1.54) is 4.90 Å². The molecule has 0 bridgehead atoms. The van der Waals surface area contributed by atoms with Crippen LogP contribution in [-0.4, -0.2) is 64.2 Å². The minimum Gasteiger partial charge on any atom is -0.445 e. The van der Waals surface area contributed by atoms with Gasteiger partial charge in [0.25, 0.3) is 0 Å². The average molecular weight is 354 g/mol. The quantitative estimate of drug-likeness (QED) is 0.546. The highest BCUT2D eigenvalue weighted by Crippen LogP contribution is 2.23. The summed E-state index contributed by atoms with van der Waals surface area (Å²) in [6.45, 7) is -0.329. The van der Waals surface area contributed by atoms with E-state index in [1.54, 1.807) is 0 Å². The molecule has 7 nitrogen and oxygen atoms in total. The summed E-state index contributed by atoms with van der Waals surface area (Å²) in [6.07, 6.45) is -0.195. The van der Waals surface area contributed by atoms with E-state index in [9.17, 15) is 9.59 Å². The highest BCUT2D eigenvalue weighted by molar-refractivity contribution is 7.81. The van der Waals surface area contributed by atoms with Gasteiger partial charge in [-0.25, -0.2) is 4.79 Å².